The molecule has 5 nitrogen and oxygen atoms in total. The molecule has 0 fully saturated rings. The van der Waals surface area contributed by atoms with E-state index in [1.807, 2.05) is 36.6 Å². The van der Waals surface area contributed by atoms with Crippen molar-refractivity contribution in [2.75, 3.05) is 0 Å². The molecule has 1 amide bonds. The van der Waals surface area contributed by atoms with Gasteiger partial charge in [0, 0.05) is 23.6 Å². The van der Waals surface area contributed by atoms with Gasteiger partial charge < -0.3 is 4.57 Å². The Kier molecular flexibility index (Phi) is 4.00. The third-order valence-corrected chi connectivity index (χ3v) is 3.24. The number of aryl methyl sites for hydroxylation is 2. The topological polar surface area (TPSA) is 77.1 Å². The van der Waals surface area contributed by atoms with Gasteiger partial charge >= 0.3 is 0 Å². The van der Waals surface area contributed by atoms with Crippen molar-refractivity contribution in [3.8, 4) is 5.69 Å². The largest absolute Gasteiger partial charge is 0.320 e. The number of hydrogen-bond acceptors (Lipinski definition) is 3. The van der Waals surface area contributed by atoms with E-state index >= 15 is 0 Å². The summed E-state index contributed by atoms with van der Waals surface area (Å²) in [5, 5.41) is 0. The molecule has 20 heavy (non-hydrogen) atoms. The first kappa shape index (κ1) is 14.0. The number of benzene rings is 1. The molecule has 104 valence electrons. The lowest BCUT2D eigenvalue weighted by molar-refractivity contribution is 0.0952. The van der Waals surface area contributed by atoms with Crippen LogP contribution in [0.25, 0.3) is 5.69 Å². The summed E-state index contributed by atoms with van der Waals surface area (Å²) in [5.74, 6) is 4.50. The van der Waals surface area contributed by atoms with Crippen LogP contribution < -0.4 is 16.7 Å². The molecule has 1 aromatic heterocycles. The van der Waals surface area contributed by atoms with Crippen LogP contribution >= 0.6 is 0 Å². The molecule has 1 heterocycles. The van der Waals surface area contributed by atoms with E-state index in [0.29, 0.717) is 0 Å². The van der Waals surface area contributed by atoms with Crippen LogP contribution in [0.1, 0.15) is 28.5 Å². The number of nitrogens with two attached hydrogens (primary N) is 1. The highest BCUT2D eigenvalue weighted by Gasteiger charge is 2.11. The van der Waals surface area contributed by atoms with Gasteiger partial charge in [-0.1, -0.05) is 19.1 Å². The predicted octanol–water partition coefficient (Wildman–Crippen LogP) is 1.31. The van der Waals surface area contributed by atoms with Crippen LogP contribution in [-0.2, 0) is 6.42 Å². The molecular weight excluding hydrogens is 254 g/mol. The van der Waals surface area contributed by atoms with Gasteiger partial charge in [0.2, 0.25) is 0 Å². The maximum atomic E-state index is 11.8. The summed E-state index contributed by atoms with van der Waals surface area (Å²) < 4.78 is 1.80. The molecule has 0 spiro atoms. The summed E-state index contributed by atoms with van der Waals surface area (Å²) in [7, 11) is 0. The Balaban J connectivity index is 2.55. The van der Waals surface area contributed by atoms with Gasteiger partial charge in [-0.25, -0.2) is 5.84 Å². The molecule has 2 rings (SSSR count). The average Bonchev–Trinajstić information content (AvgIpc) is 2.47. The van der Waals surface area contributed by atoms with E-state index < -0.39 is 5.91 Å². The van der Waals surface area contributed by atoms with E-state index in [2.05, 4.69) is 6.92 Å². The van der Waals surface area contributed by atoms with E-state index in [0.717, 1.165) is 17.8 Å². The molecule has 0 saturated heterocycles. The van der Waals surface area contributed by atoms with E-state index in [4.69, 9.17) is 5.84 Å². The molecule has 0 aliphatic carbocycles. The number of aromatic nitrogens is 1. The van der Waals surface area contributed by atoms with Crippen molar-refractivity contribution in [1.29, 1.82) is 0 Å². The first-order chi connectivity index (χ1) is 9.56. The monoisotopic (exact) mass is 271 g/mol. The van der Waals surface area contributed by atoms with E-state index in [9.17, 15) is 9.59 Å². The smallest absolute Gasteiger partial charge is 0.270 e. The normalized spacial score (nSPS) is 10.3. The standard InChI is InChI=1S/C15H17N3O2/c1-3-11-4-6-12(7-5-11)18-9-13(15(20)17-16)14(19)8-10(18)2/h4-9H,3,16H2,1-2H3,(H,17,20). The number of amides is 1. The number of nitrogens with one attached hydrogen (secondary N) is 1. The molecule has 2 aromatic rings. The summed E-state index contributed by atoms with van der Waals surface area (Å²) in [5.41, 5.74) is 4.55. The highest BCUT2D eigenvalue weighted by atomic mass is 16.2. The second-order valence-electron chi connectivity index (χ2n) is 4.56. The van der Waals surface area contributed by atoms with Gasteiger partial charge in [0.05, 0.1) is 0 Å². The zero-order valence-corrected chi connectivity index (χ0v) is 11.5. The van der Waals surface area contributed by atoms with Crippen molar-refractivity contribution in [1.82, 2.24) is 9.99 Å². The average molecular weight is 271 g/mol. The molecule has 3 N–H and O–H groups in total. The van der Waals surface area contributed by atoms with E-state index in [-0.39, 0.29) is 11.0 Å². The van der Waals surface area contributed by atoms with Crippen LogP contribution in [0.2, 0.25) is 0 Å². The second kappa shape index (κ2) is 5.71. The Bertz CT molecular complexity index is 687. The minimum Gasteiger partial charge on any atom is -0.320 e. The molecule has 0 saturated carbocycles. The molecular formula is C15H17N3O2. The Labute approximate surface area is 117 Å². The van der Waals surface area contributed by atoms with Gasteiger partial charge in [0.25, 0.3) is 5.91 Å². The van der Waals surface area contributed by atoms with Crippen LogP contribution in [0.3, 0.4) is 0 Å². The molecule has 0 radical (unpaired) electrons. The van der Waals surface area contributed by atoms with E-state index in [1.54, 1.807) is 4.57 Å². The molecule has 0 aliphatic heterocycles. The SMILES string of the molecule is CCc1ccc(-n2cc(C(=O)NN)c(=O)cc2C)cc1. The molecule has 5 heteroatoms. The van der Waals surface area contributed by atoms with Crippen molar-refractivity contribution >= 4 is 5.91 Å². The third-order valence-electron chi connectivity index (χ3n) is 3.24. The van der Waals surface area contributed by atoms with Crippen LogP contribution in [0.5, 0.6) is 0 Å². The van der Waals surface area contributed by atoms with Gasteiger partial charge in [-0.15, -0.1) is 0 Å². The van der Waals surface area contributed by atoms with Gasteiger partial charge in [0.1, 0.15) is 5.56 Å². The molecule has 0 aliphatic rings. The van der Waals surface area contributed by atoms with Gasteiger partial charge in [-0.05, 0) is 31.0 Å². The number of carbonyl (C=O) groups excluding carboxylic acids is 1. The summed E-state index contributed by atoms with van der Waals surface area (Å²) in [6, 6.07) is 9.39. The number of nitrogen functional groups attached to an aromatic ring is 1. The van der Waals surface area contributed by atoms with E-state index in [1.165, 1.54) is 17.8 Å². The zero-order chi connectivity index (χ0) is 14.7. The van der Waals surface area contributed by atoms with Crippen molar-refractivity contribution < 1.29 is 4.79 Å². The minimum atomic E-state index is -0.589. The highest BCUT2D eigenvalue weighted by molar-refractivity contribution is 5.93. The van der Waals surface area contributed by atoms with Crippen LogP contribution in [-0.4, -0.2) is 10.5 Å². The zero-order valence-electron chi connectivity index (χ0n) is 11.5. The lowest BCUT2D eigenvalue weighted by Gasteiger charge is -2.12. The number of hydrazine groups is 1. The van der Waals surface area contributed by atoms with Crippen molar-refractivity contribution in [2.24, 2.45) is 5.84 Å². The molecule has 0 unspecified atom stereocenters. The summed E-state index contributed by atoms with van der Waals surface area (Å²) in [6.07, 6.45) is 2.48. The summed E-state index contributed by atoms with van der Waals surface area (Å²) in [6.45, 7) is 3.91. The molecule has 0 bridgehead atoms. The Morgan fingerprint density at radius 2 is 1.95 bits per heavy atom. The Morgan fingerprint density at radius 3 is 2.50 bits per heavy atom. The lowest BCUT2D eigenvalue weighted by Crippen LogP contribution is -2.34. The fraction of sp³-hybridized carbons (Fsp3) is 0.200. The quantitative estimate of drug-likeness (QED) is 0.502. The number of hydrogen-bond donors (Lipinski definition) is 2. The number of rotatable bonds is 3. The predicted molar refractivity (Wildman–Crippen MR) is 77.8 cm³/mol. The fourth-order valence-electron chi connectivity index (χ4n) is 2.05. The van der Waals surface area contributed by atoms with Crippen LogP contribution in [0, 0.1) is 6.92 Å². The second-order valence-corrected chi connectivity index (χ2v) is 4.56. The number of nitrogens with zero attached hydrogens (tertiary/aromatic N) is 1. The Morgan fingerprint density at radius 1 is 1.30 bits per heavy atom. The molecule has 0 atom stereocenters. The van der Waals surface area contributed by atoms with Crippen LogP contribution in [0.15, 0.2) is 41.3 Å². The molecule has 1 aromatic carbocycles. The first-order valence-corrected chi connectivity index (χ1v) is 6.40. The lowest BCUT2D eigenvalue weighted by atomic mass is 10.1. The summed E-state index contributed by atoms with van der Waals surface area (Å²) >= 11 is 0. The van der Waals surface area contributed by atoms with Crippen molar-refractivity contribution in [2.45, 2.75) is 20.3 Å². The number of pyridine rings is 1. The fourth-order valence-corrected chi connectivity index (χ4v) is 2.05. The Hall–Kier alpha value is -2.40. The third kappa shape index (κ3) is 2.62. The van der Waals surface area contributed by atoms with Gasteiger partial charge in [-0.2, -0.15) is 0 Å². The summed E-state index contributed by atoms with van der Waals surface area (Å²) in [4.78, 5) is 23.4. The highest BCUT2D eigenvalue weighted by Crippen LogP contribution is 2.13. The van der Waals surface area contributed by atoms with Crippen molar-refractivity contribution in [3.05, 3.63) is 63.6 Å². The van der Waals surface area contributed by atoms with Crippen molar-refractivity contribution in [3.63, 3.8) is 0 Å². The van der Waals surface area contributed by atoms with Gasteiger partial charge in [-0.3, -0.25) is 15.0 Å². The first-order valence-electron chi connectivity index (χ1n) is 6.40. The maximum absolute atomic E-state index is 11.8. The minimum absolute atomic E-state index is 0.0256. The van der Waals surface area contributed by atoms with Gasteiger partial charge in [0.15, 0.2) is 5.43 Å². The number of carbonyl (C=O) groups is 1. The maximum Gasteiger partial charge on any atom is 0.270 e. The van der Waals surface area contributed by atoms with Crippen LogP contribution in [0.4, 0.5) is 0 Å².